The normalized spacial score (nSPS) is 14.8. The Morgan fingerprint density at radius 2 is 1.74 bits per heavy atom. The molecule has 5 heteroatoms. The van der Waals surface area contributed by atoms with Crippen molar-refractivity contribution in [2.45, 2.75) is 20.3 Å². The van der Waals surface area contributed by atoms with Crippen LogP contribution in [0.15, 0.2) is 47.1 Å². The van der Waals surface area contributed by atoms with Crippen molar-refractivity contribution >= 4 is 22.6 Å². The van der Waals surface area contributed by atoms with Crippen LogP contribution in [-0.2, 0) is 11.2 Å². The zero-order chi connectivity index (χ0) is 19.0. The van der Waals surface area contributed by atoms with Crippen molar-refractivity contribution in [2.24, 2.45) is 0 Å². The van der Waals surface area contributed by atoms with Gasteiger partial charge in [-0.15, -0.1) is 0 Å². The van der Waals surface area contributed by atoms with Gasteiger partial charge in [-0.3, -0.25) is 4.79 Å². The fourth-order valence-corrected chi connectivity index (χ4v) is 3.67. The number of piperazine rings is 1. The number of furan rings is 1. The second kappa shape index (κ2) is 7.06. The highest BCUT2D eigenvalue weighted by atomic mass is 19.1. The molecule has 0 atom stereocenters. The molecule has 1 aromatic heterocycles. The number of fused-ring (bicyclic) bond motifs is 1. The van der Waals surface area contributed by atoms with Gasteiger partial charge in [-0.25, -0.2) is 4.39 Å². The summed E-state index contributed by atoms with van der Waals surface area (Å²) >= 11 is 0. The van der Waals surface area contributed by atoms with E-state index in [2.05, 4.69) is 17.9 Å². The molecule has 2 aromatic carbocycles. The van der Waals surface area contributed by atoms with Gasteiger partial charge in [0.25, 0.3) is 0 Å². The molecule has 0 spiro atoms. The number of amides is 1. The van der Waals surface area contributed by atoms with Gasteiger partial charge < -0.3 is 14.2 Å². The Bertz CT molecular complexity index is 970. The van der Waals surface area contributed by atoms with Crippen LogP contribution in [0.5, 0.6) is 0 Å². The number of carbonyl (C=O) groups is 1. The van der Waals surface area contributed by atoms with Crippen LogP contribution < -0.4 is 4.90 Å². The summed E-state index contributed by atoms with van der Waals surface area (Å²) in [4.78, 5) is 16.9. The minimum atomic E-state index is -0.231. The third-order valence-corrected chi connectivity index (χ3v) is 5.51. The summed E-state index contributed by atoms with van der Waals surface area (Å²) in [7, 11) is 0. The molecule has 0 saturated carbocycles. The van der Waals surface area contributed by atoms with E-state index < -0.39 is 0 Å². The molecule has 3 aromatic rings. The summed E-state index contributed by atoms with van der Waals surface area (Å²) in [5.74, 6) is -0.111. The average molecular weight is 366 g/mol. The lowest BCUT2D eigenvalue weighted by molar-refractivity contribution is -0.130. The second-order valence-corrected chi connectivity index (χ2v) is 7.17. The highest BCUT2D eigenvalue weighted by Gasteiger charge is 2.22. The first-order chi connectivity index (χ1) is 13.0. The van der Waals surface area contributed by atoms with Gasteiger partial charge >= 0.3 is 0 Å². The Labute approximate surface area is 158 Å². The zero-order valence-corrected chi connectivity index (χ0v) is 15.7. The molecule has 2 heterocycles. The third-order valence-electron chi connectivity index (χ3n) is 5.51. The third kappa shape index (κ3) is 3.42. The number of halogens is 1. The number of nitrogens with zero attached hydrogens (tertiary/aromatic N) is 2. The molecule has 1 aliphatic heterocycles. The summed E-state index contributed by atoms with van der Waals surface area (Å²) in [6.07, 6.45) is 2.07. The molecule has 0 unspecified atom stereocenters. The van der Waals surface area contributed by atoms with Crippen LogP contribution in [0.3, 0.4) is 0 Å². The zero-order valence-electron chi connectivity index (χ0n) is 15.7. The Kier molecular flexibility index (Phi) is 4.60. The lowest BCUT2D eigenvalue weighted by Gasteiger charge is -2.36. The smallest absolute Gasteiger partial charge is 0.227 e. The molecule has 4 rings (SSSR count). The molecule has 0 N–H and O–H groups in total. The van der Waals surface area contributed by atoms with Crippen LogP contribution >= 0.6 is 0 Å². The molecule has 0 bridgehead atoms. The van der Waals surface area contributed by atoms with Crippen LogP contribution in [0.25, 0.3) is 11.0 Å². The number of benzene rings is 2. The number of hydrogen-bond acceptors (Lipinski definition) is 3. The minimum absolute atomic E-state index is 0.120. The molecular formula is C22H23FN2O2. The number of carbonyl (C=O) groups excluding carboxylic acids is 1. The van der Waals surface area contributed by atoms with Crippen molar-refractivity contribution in [1.29, 1.82) is 0 Å². The first-order valence-corrected chi connectivity index (χ1v) is 9.27. The van der Waals surface area contributed by atoms with Crippen LogP contribution in [0, 0.1) is 19.7 Å². The van der Waals surface area contributed by atoms with Crippen molar-refractivity contribution in [3.8, 4) is 0 Å². The monoisotopic (exact) mass is 366 g/mol. The molecule has 0 radical (unpaired) electrons. The van der Waals surface area contributed by atoms with E-state index in [1.54, 1.807) is 18.4 Å². The maximum atomic E-state index is 13.1. The summed E-state index contributed by atoms with van der Waals surface area (Å²) in [6.45, 7) is 6.95. The first-order valence-electron chi connectivity index (χ1n) is 9.27. The second-order valence-electron chi connectivity index (χ2n) is 7.17. The van der Waals surface area contributed by atoms with Crippen molar-refractivity contribution in [3.05, 3.63) is 65.2 Å². The molecule has 1 aliphatic rings. The Balaban J connectivity index is 1.41. The Morgan fingerprint density at radius 3 is 2.44 bits per heavy atom. The van der Waals surface area contributed by atoms with E-state index in [0.717, 1.165) is 40.9 Å². The van der Waals surface area contributed by atoms with E-state index in [1.807, 2.05) is 17.9 Å². The van der Waals surface area contributed by atoms with Gasteiger partial charge in [-0.2, -0.15) is 0 Å². The van der Waals surface area contributed by atoms with Gasteiger partial charge in [-0.1, -0.05) is 12.1 Å². The largest absolute Gasteiger partial charge is 0.464 e. The van der Waals surface area contributed by atoms with E-state index >= 15 is 0 Å². The van der Waals surface area contributed by atoms with Gasteiger partial charge in [0.1, 0.15) is 11.4 Å². The number of hydrogen-bond donors (Lipinski definition) is 0. The minimum Gasteiger partial charge on any atom is -0.464 e. The van der Waals surface area contributed by atoms with E-state index in [4.69, 9.17) is 4.42 Å². The van der Waals surface area contributed by atoms with Crippen LogP contribution in [-0.4, -0.2) is 37.0 Å². The van der Waals surface area contributed by atoms with Gasteiger partial charge in [0, 0.05) is 42.8 Å². The molecule has 1 fully saturated rings. The van der Waals surface area contributed by atoms with Crippen molar-refractivity contribution in [1.82, 2.24) is 4.90 Å². The fourth-order valence-electron chi connectivity index (χ4n) is 3.67. The van der Waals surface area contributed by atoms with E-state index in [-0.39, 0.29) is 11.7 Å². The maximum Gasteiger partial charge on any atom is 0.227 e. The van der Waals surface area contributed by atoms with E-state index in [9.17, 15) is 9.18 Å². The van der Waals surface area contributed by atoms with Crippen LogP contribution in [0.2, 0.25) is 0 Å². The molecule has 0 aliphatic carbocycles. The van der Waals surface area contributed by atoms with Gasteiger partial charge in [0.15, 0.2) is 0 Å². The van der Waals surface area contributed by atoms with E-state index in [0.29, 0.717) is 19.5 Å². The number of rotatable bonds is 3. The summed E-state index contributed by atoms with van der Waals surface area (Å²) < 4.78 is 18.8. The fraction of sp³-hybridized carbons (Fsp3) is 0.318. The molecular weight excluding hydrogens is 343 g/mol. The molecule has 1 amide bonds. The quantitative estimate of drug-likeness (QED) is 0.701. The Morgan fingerprint density at radius 1 is 1.04 bits per heavy atom. The van der Waals surface area contributed by atoms with Crippen LogP contribution in [0.1, 0.15) is 16.7 Å². The SMILES string of the molecule is Cc1ccc2c(CC(=O)N3CCN(c4ccc(F)cc4)CC3)coc2c1C. The highest BCUT2D eigenvalue weighted by molar-refractivity contribution is 5.89. The van der Waals surface area contributed by atoms with Gasteiger partial charge in [-0.05, 0) is 49.2 Å². The summed E-state index contributed by atoms with van der Waals surface area (Å²) in [5.41, 5.74) is 5.12. The predicted molar refractivity (Wildman–Crippen MR) is 105 cm³/mol. The van der Waals surface area contributed by atoms with Crippen molar-refractivity contribution < 1.29 is 13.6 Å². The molecule has 4 nitrogen and oxygen atoms in total. The summed E-state index contributed by atoms with van der Waals surface area (Å²) in [5, 5.41) is 1.02. The van der Waals surface area contributed by atoms with Gasteiger partial charge in [0.05, 0.1) is 12.7 Å². The van der Waals surface area contributed by atoms with Gasteiger partial charge in [0.2, 0.25) is 5.91 Å². The average Bonchev–Trinajstić information content (AvgIpc) is 3.09. The molecule has 140 valence electrons. The number of aryl methyl sites for hydroxylation is 2. The number of anilines is 1. The predicted octanol–water partition coefficient (Wildman–Crippen LogP) is 4.08. The van der Waals surface area contributed by atoms with E-state index in [1.165, 1.54) is 17.7 Å². The lowest BCUT2D eigenvalue weighted by Crippen LogP contribution is -2.49. The highest BCUT2D eigenvalue weighted by Crippen LogP contribution is 2.27. The topological polar surface area (TPSA) is 36.7 Å². The van der Waals surface area contributed by atoms with Crippen molar-refractivity contribution in [2.75, 3.05) is 31.1 Å². The molecule has 27 heavy (non-hydrogen) atoms. The summed E-state index contributed by atoms with van der Waals surface area (Å²) in [6, 6.07) is 10.6. The molecule has 1 saturated heterocycles. The first kappa shape index (κ1) is 17.6. The van der Waals surface area contributed by atoms with Crippen molar-refractivity contribution in [3.63, 3.8) is 0 Å². The van der Waals surface area contributed by atoms with Crippen LogP contribution in [0.4, 0.5) is 10.1 Å². The lowest BCUT2D eigenvalue weighted by atomic mass is 10.0. The Hall–Kier alpha value is -2.82. The standard InChI is InChI=1S/C22H23FN2O2/c1-15-3-8-20-17(14-27-22(20)16(15)2)13-21(26)25-11-9-24(10-12-25)19-6-4-18(23)5-7-19/h3-8,14H,9-13H2,1-2H3. The maximum absolute atomic E-state index is 13.1.